The Kier molecular flexibility index (Phi) is 4.85. The highest BCUT2D eigenvalue weighted by atomic mass is 16.4. The van der Waals surface area contributed by atoms with Gasteiger partial charge in [-0.05, 0) is 25.2 Å². The van der Waals surface area contributed by atoms with E-state index in [1.165, 1.54) is 0 Å². The Morgan fingerprint density at radius 3 is 2.57 bits per heavy atom. The molecule has 0 bridgehead atoms. The van der Waals surface area contributed by atoms with E-state index >= 15 is 0 Å². The van der Waals surface area contributed by atoms with E-state index < -0.39 is 17.9 Å². The monoisotopic (exact) mass is 296 g/mol. The van der Waals surface area contributed by atoms with Gasteiger partial charge < -0.3 is 15.3 Å². The Labute approximate surface area is 124 Å². The van der Waals surface area contributed by atoms with Gasteiger partial charge >= 0.3 is 5.97 Å². The molecule has 118 valence electrons. The molecule has 1 heterocycles. The molecule has 2 N–H and O–H groups in total. The summed E-state index contributed by atoms with van der Waals surface area (Å²) in [5.74, 6) is -1.60. The first kappa shape index (κ1) is 15.8. The van der Waals surface area contributed by atoms with Crippen molar-refractivity contribution in [2.24, 2.45) is 17.8 Å². The fourth-order valence-electron chi connectivity index (χ4n) is 3.47. The normalized spacial score (nSPS) is 30.1. The van der Waals surface area contributed by atoms with E-state index in [0.717, 1.165) is 12.8 Å². The predicted octanol–water partition coefficient (Wildman–Crippen LogP) is 0.860. The average Bonchev–Trinajstić information content (AvgIpc) is 2.45. The van der Waals surface area contributed by atoms with Crippen molar-refractivity contribution in [2.75, 3.05) is 13.1 Å². The van der Waals surface area contributed by atoms with Gasteiger partial charge in [0, 0.05) is 19.0 Å². The minimum Gasteiger partial charge on any atom is -0.481 e. The van der Waals surface area contributed by atoms with Crippen molar-refractivity contribution in [3.05, 3.63) is 0 Å². The molecule has 2 aliphatic rings. The third-order valence-electron chi connectivity index (χ3n) is 4.54. The summed E-state index contributed by atoms with van der Waals surface area (Å²) >= 11 is 0. The number of nitrogens with zero attached hydrogens (tertiary/aromatic N) is 1. The van der Waals surface area contributed by atoms with Crippen LogP contribution in [0.15, 0.2) is 0 Å². The lowest BCUT2D eigenvalue weighted by Crippen LogP contribution is -2.60. The third-order valence-corrected chi connectivity index (χ3v) is 4.54. The number of hydrogen-bond donors (Lipinski definition) is 2. The van der Waals surface area contributed by atoms with Crippen LogP contribution < -0.4 is 5.32 Å². The molecule has 21 heavy (non-hydrogen) atoms. The summed E-state index contributed by atoms with van der Waals surface area (Å²) in [6, 6.07) is -0.434. The zero-order valence-corrected chi connectivity index (χ0v) is 12.7. The van der Waals surface area contributed by atoms with Gasteiger partial charge in [0.1, 0.15) is 6.04 Å². The quantitative estimate of drug-likeness (QED) is 0.808. The molecule has 3 unspecified atom stereocenters. The molecule has 1 aliphatic carbocycles. The van der Waals surface area contributed by atoms with Crippen LogP contribution in [0.1, 0.15) is 39.5 Å². The molecular weight excluding hydrogens is 272 g/mol. The zero-order valence-electron chi connectivity index (χ0n) is 12.7. The first-order chi connectivity index (χ1) is 9.91. The number of rotatable bonds is 3. The number of amides is 2. The fraction of sp³-hybridized carbons (Fsp3) is 0.800. The van der Waals surface area contributed by atoms with Gasteiger partial charge in [-0.25, -0.2) is 0 Å². The number of nitrogens with one attached hydrogen (secondary N) is 1. The summed E-state index contributed by atoms with van der Waals surface area (Å²) in [4.78, 5) is 37.5. The van der Waals surface area contributed by atoms with E-state index in [2.05, 4.69) is 5.32 Å². The highest BCUT2D eigenvalue weighted by Crippen LogP contribution is 2.31. The lowest BCUT2D eigenvalue weighted by molar-refractivity contribution is -0.151. The molecule has 0 aromatic carbocycles. The number of aliphatic carboxylic acids is 1. The SMILES string of the molecule is CC(C)C1C(=O)NCCN1C(=O)C1CCCC(C(=O)O)C1. The third kappa shape index (κ3) is 3.36. The number of hydrogen-bond acceptors (Lipinski definition) is 3. The summed E-state index contributed by atoms with van der Waals surface area (Å²) in [5, 5.41) is 11.9. The second kappa shape index (κ2) is 6.45. The molecule has 2 rings (SSSR count). The van der Waals surface area contributed by atoms with Crippen LogP contribution in [0.3, 0.4) is 0 Å². The van der Waals surface area contributed by atoms with E-state index in [0.29, 0.717) is 25.9 Å². The first-order valence-corrected chi connectivity index (χ1v) is 7.72. The van der Waals surface area contributed by atoms with Crippen LogP contribution in [-0.4, -0.2) is 46.9 Å². The molecule has 0 aromatic rings. The van der Waals surface area contributed by atoms with E-state index in [1.54, 1.807) is 4.90 Å². The van der Waals surface area contributed by atoms with Crippen molar-refractivity contribution in [2.45, 2.75) is 45.6 Å². The van der Waals surface area contributed by atoms with Crippen molar-refractivity contribution < 1.29 is 19.5 Å². The first-order valence-electron chi connectivity index (χ1n) is 7.72. The topological polar surface area (TPSA) is 86.7 Å². The van der Waals surface area contributed by atoms with Crippen molar-refractivity contribution >= 4 is 17.8 Å². The van der Waals surface area contributed by atoms with E-state index in [-0.39, 0.29) is 23.7 Å². The van der Waals surface area contributed by atoms with E-state index in [4.69, 9.17) is 5.11 Å². The lowest BCUT2D eigenvalue weighted by atomic mass is 9.80. The molecule has 6 heteroatoms. The average molecular weight is 296 g/mol. The van der Waals surface area contributed by atoms with Crippen LogP contribution in [-0.2, 0) is 14.4 Å². The molecule has 1 saturated heterocycles. The van der Waals surface area contributed by atoms with Crippen LogP contribution in [0.4, 0.5) is 0 Å². The van der Waals surface area contributed by atoms with E-state index in [9.17, 15) is 14.4 Å². The van der Waals surface area contributed by atoms with Crippen molar-refractivity contribution in [1.29, 1.82) is 0 Å². The van der Waals surface area contributed by atoms with Gasteiger partial charge in [-0.15, -0.1) is 0 Å². The van der Waals surface area contributed by atoms with Gasteiger partial charge in [-0.3, -0.25) is 14.4 Å². The Balaban J connectivity index is 2.10. The number of carboxylic acids is 1. The Bertz CT molecular complexity index is 435. The van der Waals surface area contributed by atoms with Crippen LogP contribution in [0.2, 0.25) is 0 Å². The molecule has 0 radical (unpaired) electrons. The van der Waals surface area contributed by atoms with Crippen molar-refractivity contribution in [3.8, 4) is 0 Å². The molecular formula is C15H24N2O4. The highest BCUT2D eigenvalue weighted by molar-refractivity contribution is 5.90. The second-order valence-electron chi connectivity index (χ2n) is 6.41. The van der Waals surface area contributed by atoms with Gasteiger partial charge in [0.2, 0.25) is 11.8 Å². The Morgan fingerprint density at radius 2 is 1.95 bits per heavy atom. The molecule has 1 aliphatic heterocycles. The standard InChI is InChI=1S/C15H24N2O4/c1-9(2)12-13(18)16-6-7-17(12)14(19)10-4-3-5-11(8-10)15(20)21/h9-12H,3-8H2,1-2H3,(H,16,18)(H,20,21). The highest BCUT2D eigenvalue weighted by Gasteiger charge is 2.40. The van der Waals surface area contributed by atoms with Crippen LogP contribution >= 0.6 is 0 Å². The van der Waals surface area contributed by atoms with Crippen LogP contribution in [0, 0.1) is 17.8 Å². The molecule has 6 nitrogen and oxygen atoms in total. The maximum Gasteiger partial charge on any atom is 0.306 e. The molecule has 0 spiro atoms. The minimum atomic E-state index is -0.815. The molecule has 2 fully saturated rings. The van der Waals surface area contributed by atoms with E-state index in [1.807, 2.05) is 13.8 Å². The summed E-state index contributed by atoms with van der Waals surface area (Å²) < 4.78 is 0. The fourth-order valence-corrected chi connectivity index (χ4v) is 3.47. The summed E-state index contributed by atoms with van der Waals surface area (Å²) in [6.45, 7) is 4.85. The number of carboxylic acid groups (broad SMARTS) is 1. The molecule has 0 aromatic heterocycles. The summed E-state index contributed by atoms with van der Waals surface area (Å²) in [7, 11) is 0. The Hall–Kier alpha value is -1.59. The summed E-state index contributed by atoms with van der Waals surface area (Å²) in [6.07, 6.45) is 2.54. The molecule has 3 atom stereocenters. The summed E-state index contributed by atoms with van der Waals surface area (Å²) in [5.41, 5.74) is 0. The van der Waals surface area contributed by atoms with Crippen LogP contribution in [0.25, 0.3) is 0 Å². The maximum atomic E-state index is 12.7. The van der Waals surface area contributed by atoms with Gasteiger partial charge in [0.25, 0.3) is 0 Å². The van der Waals surface area contributed by atoms with Gasteiger partial charge in [0.05, 0.1) is 5.92 Å². The second-order valence-corrected chi connectivity index (χ2v) is 6.41. The van der Waals surface area contributed by atoms with Crippen molar-refractivity contribution in [3.63, 3.8) is 0 Å². The van der Waals surface area contributed by atoms with Gasteiger partial charge in [-0.2, -0.15) is 0 Å². The maximum absolute atomic E-state index is 12.7. The van der Waals surface area contributed by atoms with Gasteiger partial charge in [0.15, 0.2) is 0 Å². The molecule has 2 amide bonds. The van der Waals surface area contributed by atoms with Crippen LogP contribution in [0.5, 0.6) is 0 Å². The van der Waals surface area contributed by atoms with Crippen molar-refractivity contribution in [1.82, 2.24) is 10.2 Å². The Morgan fingerprint density at radius 1 is 1.29 bits per heavy atom. The predicted molar refractivity (Wildman–Crippen MR) is 76.4 cm³/mol. The van der Waals surface area contributed by atoms with Gasteiger partial charge in [-0.1, -0.05) is 20.3 Å². The lowest BCUT2D eigenvalue weighted by Gasteiger charge is -2.40. The smallest absolute Gasteiger partial charge is 0.306 e. The number of piperazine rings is 1. The number of carbonyl (C=O) groups is 3. The number of carbonyl (C=O) groups excluding carboxylic acids is 2. The zero-order chi connectivity index (χ0) is 15.6. The minimum absolute atomic E-state index is 0.0468. The molecule has 1 saturated carbocycles. The largest absolute Gasteiger partial charge is 0.481 e.